The summed E-state index contributed by atoms with van der Waals surface area (Å²) < 4.78 is 0. The average Bonchev–Trinajstić information content (AvgIpc) is 2.25. The second-order valence-electron chi connectivity index (χ2n) is 3.92. The van der Waals surface area contributed by atoms with E-state index in [4.69, 9.17) is 4.84 Å². The molecule has 2 N–H and O–H groups in total. The summed E-state index contributed by atoms with van der Waals surface area (Å²) in [6.45, 7) is 8.32. The molecule has 0 radical (unpaired) electrons. The number of likely N-dealkylation sites (N-methyl/N-ethyl adjacent to an activating group) is 2. The SMILES string of the molecule is C=CCN(C)N(C)C1NC(C=C)[C@H]1NOC. The fourth-order valence-electron chi connectivity index (χ4n) is 1.84. The number of hydrogen-bond acceptors (Lipinski definition) is 5. The molecule has 5 heteroatoms. The van der Waals surface area contributed by atoms with Gasteiger partial charge in [0.25, 0.3) is 0 Å². The first-order valence-corrected chi connectivity index (χ1v) is 5.37. The molecule has 0 spiro atoms. The van der Waals surface area contributed by atoms with Crippen LogP contribution in [0.3, 0.4) is 0 Å². The van der Waals surface area contributed by atoms with Gasteiger partial charge in [0.15, 0.2) is 0 Å². The molecule has 0 aliphatic carbocycles. The summed E-state index contributed by atoms with van der Waals surface area (Å²) in [4.78, 5) is 4.99. The molecular formula is C11H22N4O. The molecule has 1 aliphatic rings. The molecule has 1 heterocycles. The van der Waals surface area contributed by atoms with Crippen LogP contribution in [0.5, 0.6) is 0 Å². The molecule has 2 unspecified atom stereocenters. The molecule has 16 heavy (non-hydrogen) atoms. The van der Waals surface area contributed by atoms with E-state index >= 15 is 0 Å². The zero-order chi connectivity index (χ0) is 12.1. The first-order valence-electron chi connectivity index (χ1n) is 5.37. The molecule has 0 saturated carbocycles. The summed E-state index contributed by atoms with van der Waals surface area (Å²) in [5.41, 5.74) is 2.98. The molecule has 1 fully saturated rings. The van der Waals surface area contributed by atoms with E-state index in [2.05, 4.69) is 34.0 Å². The zero-order valence-corrected chi connectivity index (χ0v) is 10.3. The summed E-state index contributed by atoms with van der Waals surface area (Å²) in [6, 6.07) is 0.448. The maximum Gasteiger partial charge on any atom is 0.0934 e. The lowest BCUT2D eigenvalue weighted by Gasteiger charge is -2.50. The van der Waals surface area contributed by atoms with Gasteiger partial charge in [-0.3, -0.25) is 5.32 Å². The van der Waals surface area contributed by atoms with Crippen LogP contribution in [-0.4, -0.2) is 56.0 Å². The number of rotatable bonds is 7. The minimum absolute atomic E-state index is 0.202. The molecule has 1 aliphatic heterocycles. The lowest BCUT2D eigenvalue weighted by molar-refractivity contribution is -0.106. The Kier molecular flexibility index (Phi) is 5.11. The van der Waals surface area contributed by atoms with Gasteiger partial charge in [0.1, 0.15) is 0 Å². The number of hydroxylamine groups is 1. The van der Waals surface area contributed by atoms with Crippen molar-refractivity contribution < 1.29 is 4.84 Å². The highest BCUT2D eigenvalue weighted by molar-refractivity contribution is 5.08. The fraction of sp³-hybridized carbons (Fsp3) is 0.636. The highest BCUT2D eigenvalue weighted by Gasteiger charge is 2.42. The van der Waals surface area contributed by atoms with Crippen molar-refractivity contribution in [3.63, 3.8) is 0 Å². The third-order valence-corrected chi connectivity index (χ3v) is 2.93. The van der Waals surface area contributed by atoms with Crippen molar-refractivity contribution in [2.45, 2.75) is 18.2 Å². The van der Waals surface area contributed by atoms with Crippen molar-refractivity contribution in [3.05, 3.63) is 25.3 Å². The van der Waals surface area contributed by atoms with Gasteiger partial charge in [0.2, 0.25) is 0 Å². The molecule has 5 nitrogen and oxygen atoms in total. The molecule has 0 bridgehead atoms. The Labute approximate surface area is 97.7 Å². The minimum atomic E-state index is 0.202. The molecule has 0 aromatic carbocycles. The molecule has 0 aromatic heterocycles. The van der Waals surface area contributed by atoms with Crippen LogP contribution in [0.15, 0.2) is 25.3 Å². The highest BCUT2D eigenvalue weighted by atomic mass is 16.6. The van der Waals surface area contributed by atoms with Crippen molar-refractivity contribution in [1.82, 2.24) is 20.8 Å². The lowest BCUT2D eigenvalue weighted by Crippen LogP contribution is -2.76. The maximum absolute atomic E-state index is 4.99. The Hall–Kier alpha value is -0.720. The van der Waals surface area contributed by atoms with Gasteiger partial charge in [-0.15, -0.1) is 13.2 Å². The van der Waals surface area contributed by atoms with Gasteiger partial charge in [-0.2, -0.15) is 5.48 Å². The van der Waals surface area contributed by atoms with Crippen LogP contribution in [0, 0.1) is 0 Å². The van der Waals surface area contributed by atoms with Crippen LogP contribution in [0.4, 0.5) is 0 Å². The summed E-state index contributed by atoms with van der Waals surface area (Å²) in [5, 5.41) is 7.61. The van der Waals surface area contributed by atoms with Crippen molar-refractivity contribution in [1.29, 1.82) is 0 Å². The largest absolute Gasteiger partial charge is 0.305 e. The summed E-state index contributed by atoms with van der Waals surface area (Å²) >= 11 is 0. The zero-order valence-electron chi connectivity index (χ0n) is 10.3. The Morgan fingerprint density at radius 1 is 1.44 bits per heavy atom. The molecule has 1 saturated heterocycles. The van der Waals surface area contributed by atoms with Crippen LogP contribution in [0.2, 0.25) is 0 Å². The molecule has 0 aromatic rings. The fourth-order valence-corrected chi connectivity index (χ4v) is 1.84. The first kappa shape index (κ1) is 13.3. The van der Waals surface area contributed by atoms with Crippen LogP contribution in [0.1, 0.15) is 0 Å². The van der Waals surface area contributed by atoms with Gasteiger partial charge >= 0.3 is 0 Å². The van der Waals surface area contributed by atoms with E-state index in [9.17, 15) is 0 Å². The van der Waals surface area contributed by atoms with Gasteiger partial charge in [0.05, 0.1) is 19.3 Å². The lowest BCUT2D eigenvalue weighted by atomic mass is 9.96. The monoisotopic (exact) mass is 226 g/mol. The maximum atomic E-state index is 4.99. The predicted octanol–water partition coefficient (Wildman–Crippen LogP) is -0.0455. The topological polar surface area (TPSA) is 39.8 Å². The summed E-state index contributed by atoms with van der Waals surface area (Å²) in [5.74, 6) is 0. The Morgan fingerprint density at radius 2 is 2.12 bits per heavy atom. The molecule has 92 valence electrons. The van der Waals surface area contributed by atoms with Crippen molar-refractivity contribution in [2.24, 2.45) is 0 Å². The van der Waals surface area contributed by atoms with Gasteiger partial charge in [-0.05, 0) is 0 Å². The molecular weight excluding hydrogens is 204 g/mol. The minimum Gasteiger partial charge on any atom is -0.305 e. The number of nitrogens with zero attached hydrogens (tertiary/aromatic N) is 2. The smallest absolute Gasteiger partial charge is 0.0934 e. The van der Waals surface area contributed by atoms with E-state index in [0.717, 1.165) is 6.54 Å². The Balaban J connectivity index is 2.53. The van der Waals surface area contributed by atoms with Crippen molar-refractivity contribution >= 4 is 0 Å². The van der Waals surface area contributed by atoms with Crippen LogP contribution < -0.4 is 10.8 Å². The van der Waals surface area contributed by atoms with Crippen molar-refractivity contribution in [3.8, 4) is 0 Å². The summed E-state index contributed by atoms with van der Waals surface area (Å²) in [6.07, 6.45) is 3.96. The molecule has 0 amide bonds. The number of hydrogen-bond donors (Lipinski definition) is 2. The number of hydrazine groups is 1. The molecule has 3 atom stereocenters. The standard InChI is InChI=1S/C11H22N4O/c1-6-8-14(3)15(4)11-10(13-16-5)9(7-2)12-11/h6-7,9-13H,1-2,8H2,3-5H3/t9?,10-,11?/m1/s1. The van der Waals surface area contributed by atoms with E-state index in [0.29, 0.717) is 0 Å². The van der Waals surface area contributed by atoms with Crippen LogP contribution in [0.25, 0.3) is 0 Å². The van der Waals surface area contributed by atoms with Gasteiger partial charge < -0.3 is 4.84 Å². The average molecular weight is 226 g/mol. The Morgan fingerprint density at radius 3 is 2.62 bits per heavy atom. The van der Waals surface area contributed by atoms with Gasteiger partial charge in [-0.25, -0.2) is 10.0 Å². The van der Waals surface area contributed by atoms with Gasteiger partial charge in [0, 0.05) is 26.7 Å². The van der Waals surface area contributed by atoms with Crippen molar-refractivity contribution in [2.75, 3.05) is 27.7 Å². The van der Waals surface area contributed by atoms with E-state index in [1.807, 2.05) is 26.2 Å². The summed E-state index contributed by atoms with van der Waals surface area (Å²) in [7, 11) is 5.68. The van der Waals surface area contributed by atoms with Gasteiger partial charge in [-0.1, -0.05) is 12.2 Å². The molecule has 1 rings (SSSR count). The second kappa shape index (κ2) is 6.12. The third-order valence-electron chi connectivity index (χ3n) is 2.93. The van der Waals surface area contributed by atoms with E-state index in [-0.39, 0.29) is 18.2 Å². The third kappa shape index (κ3) is 2.69. The Bertz CT molecular complexity index is 246. The number of nitrogens with one attached hydrogen (secondary N) is 2. The van der Waals surface area contributed by atoms with E-state index in [1.54, 1.807) is 7.11 Å². The van der Waals surface area contributed by atoms with Crippen LogP contribution in [-0.2, 0) is 4.84 Å². The first-order chi connectivity index (χ1) is 7.65. The normalized spacial score (nSPS) is 29.2. The van der Waals surface area contributed by atoms with E-state index < -0.39 is 0 Å². The van der Waals surface area contributed by atoms with E-state index in [1.165, 1.54) is 0 Å². The predicted molar refractivity (Wildman–Crippen MR) is 65.4 cm³/mol. The highest BCUT2D eigenvalue weighted by Crippen LogP contribution is 2.17. The second-order valence-corrected chi connectivity index (χ2v) is 3.92. The van der Waals surface area contributed by atoms with Crippen LogP contribution >= 0.6 is 0 Å². The quantitative estimate of drug-likeness (QED) is 0.471.